The molecule has 18 heavy (non-hydrogen) atoms. The highest BCUT2D eigenvalue weighted by Gasteiger charge is 2.28. The number of para-hydroxylation sites is 2. The summed E-state index contributed by atoms with van der Waals surface area (Å²) in [5.74, 6) is 0. The molecule has 0 bridgehead atoms. The van der Waals surface area contributed by atoms with Crippen LogP contribution in [0.4, 0.5) is 0 Å². The first-order valence-corrected chi connectivity index (χ1v) is 6.43. The highest BCUT2D eigenvalue weighted by molar-refractivity contribution is 5.74. The lowest BCUT2D eigenvalue weighted by atomic mass is 9.82. The summed E-state index contributed by atoms with van der Waals surface area (Å²) < 4.78 is 7.27. The van der Waals surface area contributed by atoms with Crippen molar-refractivity contribution >= 4 is 11.0 Å². The van der Waals surface area contributed by atoms with Crippen molar-refractivity contribution < 1.29 is 4.74 Å². The molecule has 1 fully saturated rings. The molecule has 0 aliphatic carbocycles. The van der Waals surface area contributed by atoms with E-state index in [-0.39, 0.29) is 11.1 Å². The van der Waals surface area contributed by atoms with Crippen molar-refractivity contribution in [1.82, 2.24) is 9.55 Å². The number of H-pyrrole nitrogens is 1. The van der Waals surface area contributed by atoms with Gasteiger partial charge < -0.3 is 9.72 Å². The Labute approximate surface area is 106 Å². The van der Waals surface area contributed by atoms with Gasteiger partial charge in [-0.2, -0.15) is 0 Å². The SMILES string of the molecule is CC1(Cn2c(=O)[nH]c3ccccc32)CCOCC1. The number of nitrogens with zero attached hydrogens (tertiary/aromatic N) is 1. The van der Waals surface area contributed by atoms with E-state index in [9.17, 15) is 4.79 Å². The molecule has 4 nitrogen and oxygen atoms in total. The molecule has 1 aliphatic heterocycles. The topological polar surface area (TPSA) is 47.0 Å². The molecular weight excluding hydrogens is 228 g/mol. The maximum atomic E-state index is 12.0. The first kappa shape index (κ1) is 11.5. The third-order valence-electron chi connectivity index (χ3n) is 3.92. The predicted molar refractivity (Wildman–Crippen MR) is 70.7 cm³/mol. The van der Waals surface area contributed by atoms with Crippen LogP contribution < -0.4 is 5.69 Å². The third-order valence-corrected chi connectivity index (χ3v) is 3.92. The second-order valence-electron chi connectivity index (χ2n) is 5.46. The summed E-state index contributed by atoms with van der Waals surface area (Å²) in [6.07, 6.45) is 2.03. The molecule has 96 valence electrons. The van der Waals surface area contributed by atoms with E-state index in [4.69, 9.17) is 4.74 Å². The molecule has 0 unspecified atom stereocenters. The fraction of sp³-hybridized carbons (Fsp3) is 0.500. The van der Waals surface area contributed by atoms with Crippen LogP contribution in [0.3, 0.4) is 0 Å². The van der Waals surface area contributed by atoms with Gasteiger partial charge in [-0.1, -0.05) is 19.1 Å². The van der Waals surface area contributed by atoms with Gasteiger partial charge in [0.25, 0.3) is 0 Å². The van der Waals surface area contributed by atoms with E-state index < -0.39 is 0 Å². The number of imidazole rings is 1. The first-order chi connectivity index (χ1) is 8.68. The van der Waals surface area contributed by atoms with Crippen molar-refractivity contribution in [2.24, 2.45) is 5.41 Å². The Balaban J connectivity index is 1.99. The zero-order valence-corrected chi connectivity index (χ0v) is 10.6. The maximum absolute atomic E-state index is 12.0. The van der Waals surface area contributed by atoms with Gasteiger partial charge in [0.15, 0.2) is 0 Å². The van der Waals surface area contributed by atoms with Crippen LogP contribution in [0.1, 0.15) is 19.8 Å². The fourth-order valence-electron chi connectivity index (χ4n) is 2.67. The van der Waals surface area contributed by atoms with E-state index in [0.29, 0.717) is 0 Å². The molecule has 0 saturated carbocycles. The third kappa shape index (κ3) is 1.97. The van der Waals surface area contributed by atoms with Gasteiger partial charge >= 0.3 is 5.69 Å². The van der Waals surface area contributed by atoms with E-state index in [1.165, 1.54) is 0 Å². The molecule has 1 aromatic heterocycles. The molecule has 3 rings (SSSR count). The second kappa shape index (κ2) is 4.28. The Kier molecular flexibility index (Phi) is 2.74. The molecule has 0 spiro atoms. The Morgan fingerprint density at radius 2 is 2.06 bits per heavy atom. The number of benzene rings is 1. The van der Waals surface area contributed by atoms with Crippen LogP contribution in [0.15, 0.2) is 29.1 Å². The zero-order chi connectivity index (χ0) is 12.6. The molecule has 4 heteroatoms. The van der Waals surface area contributed by atoms with E-state index >= 15 is 0 Å². The summed E-state index contributed by atoms with van der Waals surface area (Å²) in [4.78, 5) is 14.9. The van der Waals surface area contributed by atoms with Gasteiger partial charge in [-0.25, -0.2) is 4.79 Å². The van der Waals surface area contributed by atoms with Crippen molar-refractivity contribution in [3.8, 4) is 0 Å². The normalized spacial score (nSPS) is 19.2. The molecular formula is C14H18N2O2. The monoisotopic (exact) mass is 246 g/mol. The minimum Gasteiger partial charge on any atom is -0.381 e. The van der Waals surface area contributed by atoms with Crippen molar-refractivity contribution in [3.63, 3.8) is 0 Å². The predicted octanol–water partition coefficient (Wildman–Crippen LogP) is 2.15. The van der Waals surface area contributed by atoms with Crippen LogP contribution in [-0.2, 0) is 11.3 Å². The summed E-state index contributed by atoms with van der Waals surface area (Å²) in [5.41, 5.74) is 2.06. The van der Waals surface area contributed by atoms with Gasteiger partial charge in [0.05, 0.1) is 11.0 Å². The van der Waals surface area contributed by atoms with Gasteiger partial charge in [0, 0.05) is 19.8 Å². The Bertz CT molecular complexity index is 606. The highest BCUT2D eigenvalue weighted by Crippen LogP contribution is 2.31. The molecule has 1 aromatic carbocycles. The van der Waals surface area contributed by atoms with E-state index in [1.54, 1.807) is 0 Å². The maximum Gasteiger partial charge on any atom is 0.326 e. The molecule has 1 N–H and O–H groups in total. The average molecular weight is 246 g/mol. The van der Waals surface area contributed by atoms with E-state index in [1.807, 2.05) is 28.8 Å². The highest BCUT2D eigenvalue weighted by atomic mass is 16.5. The van der Waals surface area contributed by atoms with Crippen LogP contribution in [0.25, 0.3) is 11.0 Å². The van der Waals surface area contributed by atoms with Crippen molar-refractivity contribution in [2.45, 2.75) is 26.3 Å². The smallest absolute Gasteiger partial charge is 0.326 e. The quantitative estimate of drug-likeness (QED) is 0.882. The zero-order valence-electron chi connectivity index (χ0n) is 10.6. The van der Waals surface area contributed by atoms with Crippen molar-refractivity contribution in [3.05, 3.63) is 34.7 Å². The van der Waals surface area contributed by atoms with E-state index in [0.717, 1.165) is 43.6 Å². The van der Waals surface area contributed by atoms with Gasteiger partial charge in [-0.15, -0.1) is 0 Å². The summed E-state index contributed by atoms with van der Waals surface area (Å²) in [7, 11) is 0. The minimum atomic E-state index is -0.0103. The minimum absolute atomic E-state index is 0.0103. The van der Waals surface area contributed by atoms with Crippen LogP contribution in [-0.4, -0.2) is 22.8 Å². The lowest BCUT2D eigenvalue weighted by Gasteiger charge is -2.33. The van der Waals surface area contributed by atoms with Crippen LogP contribution >= 0.6 is 0 Å². The van der Waals surface area contributed by atoms with Crippen molar-refractivity contribution in [1.29, 1.82) is 0 Å². The summed E-state index contributed by atoms with van der Waals surface area (Å²) in [5, 5.41) is 0. The van der Waals surface area contributed by atoms with Crippen LogP contribution in [0.5, 0.6) is 0 Å². The molecule has 2 heterocycles. The molecule has 0 atom stereocenters. The molecule has 1 aliphatic rings. The number of hydrogen-bond acceptors (Lipinski definition) is 2. The average Bonchev–Trinajstić information content (AvgIpc) is 2.67. The number of aromatic nitrogens is 2. The molecule has 1 saturated heterocycles. The number of ether oxygens (including phenoxy) is 1. The van der Waals surface area contributed by atoms with Gasteiger partial charge in [0.1, 0.15) is 0 Å². The van der Waals surface area contributed by atoms with Gasteiger partial charge in [-0.05, 0) is 30.4 Å². The number of nitrogens with one attached hydrogen (secondary N) is 1. The van der Waals surface area contributed by atoms with Crippen LogP contribution in [0.2, 0.25) is 0 Å². The molecule has 0 radical (unpaired) electrons. The van der Waals surface area contributed by atoms with Crippen molar-refractivity contribution in [2.75, 3.05) is 13.2 Å². The van der Waals surface area contributed by atoms with Crippen LogP contribution in [0, 0.1) is 5.41 Å². The van der Waals surface area contributed by atoms with Gasteiger partial charge in [-0.3, -0.25) is 4.57 Å². The van der Waals surface area contributed by atoms with E-state index in [2.05, 4.69) is 11.9 Å². The summed E-state index contributed by atoms with van der Waals surface area (Å²) in [6, 6.07) is 7.85. The summed E-state index contributed by atoms with van der Waals surface area (Å²) in [6.45, 7) is 4.60. The number of hydrogen-bond donors (Lipinski definition) is 1. The van der Waals surface area contributed by atoms with Gasteiger partial charge in [0.2, 0.25) is 0 Å². The largest absolute Gasteiger partial charge is 0.381 e. The fourth-order valence-corrected chi connectivity index (χ4v) is 2.67. The Hall–Kier alpha value is -1.55. The number of aromatic amines is 1. The molecule has 0 amide bonds. The Morgan fingerprint density at radius 3 is 2.83 bits per heavy atom. The lowest BCUT2D eigenvalue weighted by molar-refractivity contribution is 0.0156. The Morgan fingerprint density at radius 1 is 1.33 bits per heavy atom. The summed E-state index contributed by atoms with van der Waals surface area (Å²) >= 11 is 0. The second-order valence-corrected chi connectivity index (χ2v) is 5.46. The number of rotatable bonds is 2. The standard InChI is InChI=1S/C14H18N2O2/c1-14(6-8-18-9-7-14)10-16-12-5-3-2-4-11(12)15-13(16)17/h2-5H,6-10H2,1H3,(H,15,17). The lowest BCUT2D eigenvalue weighted by Crippen LogP contribution is -2.34. The first-order valence-electron chi connectivity index (χ1n) is 6.43. The number of fused-ring (bicyclic) bond motifs is 1. The molecule has 2 aromatic rings.